The van der Waals surface area contributed by atoms with Crippen molar-refractivity contribution >= 4 is 22.9 Å². The molecule has 0 spiro atoms. The molecule has 144 valence electrons. The van der Waals surface area contributed by atoms with Gasteiger partial charge in [-0.25, -0.2) is 4.39 Å². The lowest BCUT2D eigenvalue weighted by atomic mass is 10.1. The van der Waals surface area contributed by atoms with Crippen molar-refractivity contribution in [3.05, 3.63) is 46.4 Å². The summed E-state index contributed by atoms with van der Waals surface area (Å²) in [6.07, 6.45) is -0.593. The molecule has 0 bridgehead atoms. The second-order valence-corrected chi connectivity index (χ2v) is 6.89. The van der Waals surface area contributed by atoms with Crippen molar-refractivity contribution in [1.29, 1.82) is 0 Å². The van der Waals surface area contributed by atoms with E-state index in [9.17, 15) is 22.4 Å². The lowest BCUT2D eigenvalue weighted by Gasteiger charge is -2.10. The number of carbonyl (C=O) groups excluding carboxylic acids is 1. The third-order valence-electron chi connectivity index (χ3n) is 3.94. The minimum Gasteiger partial charge on any atom is -0.397 e. The zero-order valence-electron chi connectivity index (χ0n) is 14.2. The Labute approximate surface area is 156 Å². The maximum absolute atomic E-state index is 13.8. The molecule has 10 heteroatoms. The Kier molecular flexibility index (Phi) is 5.09. The Morgan fingerprint density at radius 3 is 2.78 bits per heavy atom. The lowest BCUT2D eigenvalue weighted by Crippen LogP contribution is -2.22. The Hall–Kier alpha value is -2.62. The second-order valence-electron chi connectivity index (χ2n) is 5.84. The first kappa shape index (κ1) is 19.2. The van der Waals surface area contributed by atoms with Crippen LogP contribution in [0.3, 0.4) is 0 Å². The third kappa shape index (κ3) is 3.90. The smallest absolute Gasteiger partial charge is 0.397 e. The lowest BCUT2D eigenvalue weighted by molar-refractivity contribution is -0.141. The normalized spacial score (nSPS) is 14.7. The molecule has 3 rings (SSSR count). The molecule has 1 aliphatic carbocycles. The number of hydrogen-bond acceptors (Lipinski definition) is 4. The second kappa shape index (κ2) is 7.18. The average molecular weight is 400 g/mol. The van der Waals surface area contributed by atoms with Crippen LogP contribution < -0.4 is 11.1 Å². The first-order chi connectivity index (χ1) is 12.7. The Morgan fingerprint density at radius 2 is 2.15 bits per heavy atom. The van der Waals surface area contributed by atoms with Crippen molar-refractivity contribution in [1.82, 2.24) is 15.1 Å². The monoisotopic (exact) mass is 400 g/mol. The molecule has 3 N–H and O–H groups in total. The van der Waals surface area contributed by atoms with Gasteiger partial charge in [0.05, 0.1) is 26.8 Å². The van der Waals surface area contributed by atoms with Gasteiger partial charge in [-0.15, -0.1) is 11.3 Å². The number of nitrogens with zero attached hydrogens (tertiary/aromatic N) is 2. The third-order valence-corrected chi connectivity index (χ3v) is 5.11. The highest BCUT2D eigenvalue weighted by atomic mass is 32.1. The Morgan fingerprint density at radius 1 is 1.41 bits per heavy atom. The summed E-state index contributed by atoms with van der Waals surface area (Å²) in [5.41, 5.74) is 5.30. The molecular weight excluding hydrogens is 384 g/mol. The highest BCUT2D eigenvalue weighted by molar-refractivity contribution is 7.18. The van der Waals surface area contributed by atoms with E-state index in [1.165, 1.54) is 16.8 Å². The summed E-state index contributed by atoms with van der Waals surface area (Å²) in [6.45, 7) is 1.85. The molecule has 0 aliphatic heterocycles. The van der Waals surface area contributed by atoms with Gasteiger partial charge >= 0.3 is 6.18 Å². The molecule has 0 aromatic carbocycles. The molecule has 1 amide bonds. The molecule has 5 nitrogen and oxygen atoms in total. The number of halogens is 4. The molecule has 2 aromatic rings. The molecule has 0 atom stereocenters. The summed E-state index contributed by atoms with van der Waals surface area (Å²) in [7, 11) is 0. The van der Waals surface area contributed by atoms with Crippen LogP contribution in [0.4, 0.5) is 23.2 Å². The predicted molar refractivity (Wildman–Crippen MR) is 94.6 cm³/mol. The number of amides is 1. The fourth-order valence-corrected chi connectivity index (χ4v) is 3.62. The number of nitrogens with two attached hydrogens (primary N) is 1. The number of carbonyl (C=O) groups is 1. The molecule has 2 aromatic heterocycles. The van der Waals surface area contributed by atoms with Gasteiger partial charge in [0.25, 0.3) is 5.91 Å². The van der Waals surface area contributed by atoms with Crippen LogP contribution in [0, 0.1) is 0 Å². The van der Waals surface area contributed by atoms with E-state index in [4.69, 9.17) is 5.73 Å². The van der Waals surface area contributed by atoms with Crippen LogP contribution in [-0.4, -0.2) is 15.7 Å². The molecular formula is C17H16F4N4OS. The number of nitrogen functional groups attached to an aromatic ring is 1. The van der Waals surface area contributed by atoms with E-state index in [-0.39, 0.29) is 34.9 Å². The highest BCUT2D eigenvalue weighted by Crippen LogP contribution is 2.38. The van der Waals surface area contributed by atoms with Gasteiger partial charge in [0, 0.05) is 13.0 Å². The van der Waals surface area contributed by atoms with E-state index in [2.05, 4.69) is 10.4 Å². The summed E-state index contributed by atoms with van der Waals surface area (Å²) in [6, 6.07) is 2.26. The number of hydrogen-bond donors (Lipinski definition) is 2. The van der Waals surface area contributed by atoms with Gasteiger partial charge in [0.1, 0.15) is 5.83 Å². The Bertz CT molecular complexity index is 939. The van der Waals surface area contributed by atoms with Crippen LogP contribution in [0.5, 0.6) is 0 Å². The topological polar surface area (TPSA) is 72.9 Å². The van der Waals surface area contributed by atoms with E-state index in [1.807, 2.05) is 0 Å². The first-order valence-electron chi connectivity index (χ1n) is 8.12. The predicted octanol–water partition coefficient (Wildman–Crippen LogP) is 4.49. The van der Waals surface area contributed by atoms with Gasteiger partial charge in [0.2, 0.25) is 0 Å². The first-order valence-corrected chi connectivity index (χ1v) is 8.93. The van der Waals surface area contributed by atoms with E-state index in [1.54, 1.807) is 13.0 Å². The van der Waals surface area contributed by atoms with Crippen LogP contribution in [-0.2, 0) is 12.7 Å². The summed E-state index contributed by atoms with van der Waals surface area (Å²) < 4.78 is 53.8. The largest absolute Gasteiger partial charge is 0.435 e. The van der Waals surface area contributed by atoms with Gasteiger partial charge in [-0.2, -0.15) is 18.3 Å². The zero-order valence-corrected chi connectivity index (χ0v) is 15.0. The van der Waals surface area contributed by atoms with Gasteiger partial charge in [-0.1, -0.05) is 6.08 Å². The van der Waals surface area contributed by atoms with Crippen LogP contribution >= 0.6 is 11.3 Å². The van der Waals surface area contributed by atoms with Crippen molar-refractivity contribution in [3.8, 4) is 10.6 Å². The van der Waals surface area contributed by atoms with E-state index in [0.29, 0.717) is 11.3 Å². The van der Waals surface area contributed by atoms with E-state index in [0.717, 1.165) is 17.4 Å². The number of aryl methyl sites for hydroxylation is 1. The van der Waals surface area contributed by atoms with Gasteiger partial charge in [-0.05, 0) is 31.6 Å². The summed E-state index contributed by atoms with van der Waals surface area (Å²) in [4.78, 5) is 12.9. The number of thiophene rings is 1. The van der Waals surface area contributed by atoms with Crippen molar-refractivity contribution in [3.63, 3.8) is 0 Å². The van der Waals surface area contributed by atoms with Crippen LogP contribution in [0.25, 0.3) is 10.6 Å². The van der Waals surface area contributed by atoms with E-state index >= 15 is 0 Å². The number of allylic oxidation sites excluding steroid dienone is 3. The highest BCUT2D eigenvalue weighted by Gasteiger charge is 2.35. The molecule has 1 aliphatic rings. The number of nitrogens with one attached hydrogen (secondary N) is 1. The quantitative estimate of drug-likeness (QED) is 0.743. The van der Waals surface area contributed by atoms with E-state index < -0.39 is 23.6 Å². The van der Waals surface area contributed by atoms with Gasteiger partial charge in [0.15, 0.2) is 5.69 Å². The minimum atomic E-state index is -4.58. The number of alkyl halides is 3. The van der Waals surface area contributed by atoms with Crippen molar-refractivity contribution < 1.29 is 22.4 Å². The summed E-state index contributed by atoms with van der Waals surface area (Å²) in [5, 5.41) is 6.02. The summed E-state index contributed by atoms with van der Waals surface area (Å²) in [5.74, 6) is -0.997. The van der Waals surface area contributed by atoms with Crippen LogP contribution in [0.1, 0.15) is 35.1 Å². The minimum absolute atomic E-state index is 0.0812. The molecule has 0 radical (unpaired) electrons. The van der Waals surface area contributed by atoms with Crippen molar-refractivity contribution in [2.75, 3.05) is 5.73 Å². The molecule has 2 heterocycles. The molecule has 0 saturated heterocycles. The fraction of sp³-hybridized carbons (Fsp3) is 0.294. The summed E-state index contributed by atoms with van der Waals surface area (Å²) >= 11 is 0.930. The number of anilines is 1. The van der Waals surface area contributed by atoms with Crippen molar-refractivity contribution in [2.24, 2.45) is 0 Å². The van der Waals surface area contributed by atoms with Gasteiger partial charge < -0.3 is 11.1 Å². The molecule has 27 heavy (non-hydrogen) atoms. The van der Waals surface area contributed by atoms with Crippen LogP contribution in [0.2, 0.25) is 0 Å². The zero-order chi connectivity index (χ0) is 19.8. The number of rotatable bonds is 4. The molecule has 0 unspecified atom stereocenters. The maximum atomic E-state index is 13.8. The van der Waals surface area contributed by atoms with Gasteiger partial charge in [-0.3, -0.25) is 9.48 Å². The Balaban J connectivity index is 1.92. The number of aromatic nitrogens is 2. The fourth-order valence-electron chi connectivity index (χ4n) is 2.63. The van der Waals surface area contributed by atoms with Crippen LogP contribution in [0.15, 0.2) is 35.8 Å². The standard InChI is InChI=1S/C17H16F4N4OS/c1-2-25-12(8-14(24-25)17(19,20)21)15-10(22)7-13(27-15)16(26)23-11-6-4-3-5-9(11)18/h4,6-8H,2-3,5,22H2,1H3,(H,23,26). The van der Waals surface area contributed by atoms with Crippen molar-refractivity contribution in [2.45, 2.75) is 32.5 Å². The average Bonchev–Trinajstić information content (AvgIpc) is 3.19. The molecule has 0 saturated carbocycles. The maximum Gasteiger partial charge on any atom is 0.435 e. The molecule has 0 fully saturated rings. The SMILES string of the molecule is CCn1nc(C(F)(F)F)cc1-c1sc(C(=O)NC2=C(F)CCC=C2)cc1N.